The van der Waals surface area contributed by atoms with Crippen molar-refractivity contribution in [3.8, 4) is 0 Å². The van der Waals surface area contributed by atoms with E-state index in [-0.39, 0.29) is 5.91 Å². The lowest BCUT2D eigenvalue weighted by Gasteiger charge is -2.31. The molecule has 0 aliphatic heterocycles. The molecular formula is C13H18BrNOS. The molecule has 17 heavy (non-hydrogen) atoms. The number of amides is 1. The zero-order chi connectivity index (χ0) is 12.3. The van der Waals surface area contributed by atoms with Gasteiger partial charge in [-0.25, -0.2) is 0 Å². The van der Waals surface area contributed by atoms with Gasteiger partial charge in [-0.15, -0.1) is 11.3 Å². The van der Waals surface area contributed by atoms with Crippen LogP contribution in [-0.4, -0.2) is 11.9 Å². The third kappa shape index (κ3) is 3.32. The SMILES string of the molecule is CCC1CCCCC1NC(=O)c1ccc(Br)s1. The Morgan fingerprint density at radius 2 is 2.24 bits per heavy atom. The van der Waals surface area contributed by atoms with Gasteiger partial charge in [0.15, 0.2) is 0 Å². The first-order valence-electron chi connectivity index (χ1n) is 6.27. The number of thiophene rings is 1. The predicted octanol–water partition coefficient (Wildman–Crippen LogP) is 4.21. The predicted molar refractivity (Wildman–Crippen MR) is 75.5 cm³/mol. The van der Waals surface area contributed by atoms with Crippen molar-refractivity contribution in [2.45, 2.75) is 45.1 Å². The molecule has 1 N–H and O–H groups in total. The average Bonchev–Trinajstić information content (AvgIpc) is 2.77. The first kappa shape index (κ1) is 13.1. The topological polar surface area (TPSA) is 29.1 Å². The van der Waals surface area contributed by atoms with Gasteiger partial charge in [0.2, 0.25) is 0 Å². The Hall–Kier alpha value is -0.350. The van der Waals surface area contributed by atoms with Crippen molar-refractivity contribution in [3.05, 3.63) is 20.8 Å². The molecule has 2 atom stereocenters. The molecule has 0 aromatic carbocycles. The van der Waals surface area contributed by atoms with Crippen molar-refractivity contribution in [2.75, 3.05) is 0 Å². The standard InChI is InChI=1S/C13H18BrNOS/c1-2-9-5-3-4-6-10(9)15-13(16)11-7-8-12(14)17-11/h7-10H,2-6H2,1H3,(H,15,16). The molecule has 1 saturated carbocycles. The molecule has 1 aliphatic carbocycles. The molecule has 4 heteroatoms. The van der Waals surface area contributed by atoms with Gasteiger partial charge in [-0.2, -0.15) is 0 Å². The highest BCUT2D eigenvalue weighted by Crippen LogP contribution is 2.28. The fourth-order valence-corrected chi connectivity index (χ4v) is 3.85. The maximum absolute atomic E-state index is 12.1. The Morgan fingerprint density at radius 3 is 2.88 bits per heavy atom. The molecule has 0 saturated heterocycles. The highest BCUT2D eigenvalue weighted by molar-refractivity contribution is 9.11. The van der Waals surface area contributed by atoms with Crippen molar-refractivity contribution in [2.24, 2.45) is 5.92 Å². The smallest absolute Gasteiger partial charge is 0.261 e. The van der Waals surface area contributed by atoms with E-state index in [0.717, 1.165) is 15.1 Å². The van der Waals surface area contributed by atoms with Crippen LogP contribution in [0.3, 0.4) is 0 Å². The zero-order valence-corrected chi connectivity index (χ0v) is 12.4. The molecule has 0 radical (unpaired) electrons. The summed E-state index contributed by atoms with van der Waals surface area (Å²) in [4.78, 5) is 12.9. The maximum atomic E-state index is 12.1. The van der Waals surface area contributed by atoms with Gasteiger partial charge in [0.1, 0.15) is 0 Å². The van der Waals surface area contributed by atoms with E-state index in [9.17, 15) is 4.79 Å². The molecule has 1 aliphatic rings. The van der Waals surface area contributed by atoms with E-state index >= 15 is 0 Å². The second-order valence-corrected chi connectivity index (χ2v) is 7.10. The molecule has 1 aromatic rings. The van der Waals surface area contributed by atoms with Crippen LogP contribution >= 0.6 is 27.3 Å². The molecule has 0 bridgehead atoms. The second-order valence-electron chi connectivity index (χ2n) is 4.64. The van der Waals surface area contributed by atoms with Crippen LogP contribution in [0, 0.1) is 5.92 Å². The van der Waals surface area contributed by atoms with Crippen LogP contribution in [0.5, 0.6) is 0 Å². The molecule has 2 rings (SSSR count). The van der Waals surface area contributed by atoms with Crippen LogP contribution < -0.4 is 5.32 Å². The number of hydrogen-bond donors (Lipinski definition) is 1. The lowest BCUT2D eigenvalue weighted by atomic mass is 9.83. The largest absolute Gasteiger partial charge is 0.348 e. The molecule has 94 valence electrons. The molecule has 1 fully saturated rings. The molecule has 0 spiro atoms. The van der Waals surface area contributed by atoms with Crippen LogP contribution in [0.1, 0.15) is 48.7 Å². The maximum Gasteiger partial charge on any atom is 0.261 e. The van der Waals surface area contributed by atoms with Gasteiger partial charge in [-0.1, -0.05) is 26.2 Å². The Balaban J connectivity index is 1.97. The minimum atomic E-state index is 0.0889. The molecular weight excluding hydrogens is 298 g/mol. The summed E-state index contributed by atoms with van der Waals surface area (Å²) in [6, 6.07) is 4.19. The van der Waals surface area contributed by atoms with Gasteiger partial charge in [0.25, 0.3) is 5.91 Å². The van der Waals surface area contributed by atoms with E-state index in [1.807, 2.05) is 12.1 Å². The summed E-state index contributed by atoms with van der Waals surface area (Å²) in [7, 11) is 0. The van der Waals surface area contributed by atoms with E-state index in [0.29, 0.717) is 12.0 Å². The summed E-state index contributed by atoms with van der Waals surface area (Å²) in [6.07, 6.45) is 6.12. The van der Waals surface area contributed by atoms with E-state index in [4.69, 9.17) is 0 Å². The van der Waals surface area contributed by atoms with Crippen molar-refractivity contribution in [3.63, 3.8) is 0 Å². The van der Waals surface area contributed by atoms with Gasteiger partial charge in [-0.05, 0) is 46.8 Å². The summed E-state index contributed by atoms with van der Waals surface area (Å²) < 4.78 is 1.01. The first-order chi connectivity index (χ1) is 8.20. The third-order valence-corrected chi connectivity index (χ3v) is 5.17. The minimum absolute atomic E-state index is 0.0889. The third-order valence-electron chi connectivity index (χ3n) is 3.55. The van der Waals surface area contributed by atoms with Crippen LogP contribution in [0.2, 0.25) is 0 Å². The highest BCUT2D eigenvalue weighted by atomic mass is 79.9. The number of carbonyl (C=O) groups excluding carboxylic acids is 1. The Morgan fingerprint density at radius 1 is 1.47 bits per heavy atom. The van der Waals surface area contributed by atoms with Crippen molar-refractivity contribution >= 4 is 33.2 Å². The summed E-state index contributed by atoms with van der Waals surface area (Å²) in [5.74, 6) is 0.752. The molecule has 1 heterocycles. The number of halogens is 1. The van der Waals surface area contributed by atoms with Crippen LogP contribution in [0.4, 0.5) is 0 Å². The van der Waals surface area contributed by atoms with Gasteiger partial charge in [0.05, 0.1) is 8.66 Å². The summed E-state index contributed by atoms with van der Waals surface area (Å²) in [6.45, 7) is 2.22. The molecule has 2 unspecified atom stereocenters. The van der Waals surface area contributed by atoms with Gasteiger partial charge >= 0.3 is 0 Å². The number of rotatable bonds is 3. The van der Waals surface area contributed by atoms with E-state index in [1.54, 1.807) is 0 Å². The highest BCUT2D eigenvalue weighted by Gasteiger charge is 2.25. The molecule has 1 aromatic heterocycles. The Bertz CT molecular complexity index is 391. The number of hydrogen-bond acceptors (Lipinski definition) is 2. The van der Waals surface area contributed by atoms with E-state index in [1.165, 1.54) is 37.0 Å². The van der Waals surface area contributed by atoms with Gasteiger partial charge < -0.3 is 5.32 Å². The van der Waals surface area contributed by atoms with Gasteiger partial charge in [-0.3, -0.25) is 4.79 Å². The first-order valence-corrected chi connectivity index (χ1v) is 7.88. The zero-order valence-electron chi connectivity index (χ0n) is 10.0. The summed E-state index contributed by atoms with van der Waals surface area (Å²) in [5.41, 5.74) is 0. The number of nitrogens with one attached hydrogen (secondary N) is 1. The van der Waals surface area contributed by atoms with Crippen LogP contribution in [0.25, 0.3) is 0 Å². The van der Waals surface area contributed by atoms with Crippen LogP contribution in [-0.2, 0) is 0 Å². The van der Waals surface area contributed by atoms with Crippen molar-refractivity contribution < 1.29 is 4.79 Å². The lowest BCUT2D eigenvalue weighted by Crippen LogP contribution is -2.41. The summed E-state index contributed by atoms with van der Waals surface area (Å²) in [5, 5.41) is 3.20. The summed E-state index contributed by atoms with van der Waals surface area (Å²) >= 11 is 4.89. The normalized spacial score (nSPS) is 24.6. The molecule has 1 amide bonds. The fraction of sp³-hybridized carbons (Fsp3) is 0.615. The second kappa shape index (κ2) is 6.01. The quantitative estimate of drug-likeness (QED) is 0.889. The molecule has 2 nitrogen and oxygen atoms in total. The van der Waals surface area contributed by atoms with Gasteiger partial charge in [0, 0.05) is 6.04 Å². The van der Waals surface area contributed by atoms with E-state index < -0.39 is 0 Å². The average molecular weight is 316 g/mol. The minimum Gasteiger partial charge on any atom is -0.348 e. The van der Waals surface area contributed by atoms with Crippen LogP contribution in [0.15, 0.2) is 15.9 Å². The Kier molecular flexibility index (Phi) is 4.62. The lowest BCUT2D eigenvalue weighted by molar-refractivity contribution is 0.0909. The Labute approximate surface area is 115 Å². The van der Waals surface area contributed by atoms with Crippen molar-refractivity contribution in [1.29, 1.82) is 0 Å². The monoisotopic (exact) mass is 315 g/mol. The fourth-order valence-electron chi connectivity index (χ4n) is 2.56. The number of carbonyl (C=O) groups is 1. The van der Waals surface area contributed by atoms with E-state index in [2.05, 4.69) is 28.2 Å². The van der Waals surface area contributed by atoms with Crippen molar-refractivity contribution in [1.82, 2.24) is 5.32 Å².